The van der Waals surface area contributed by atoms with Gasteiger partial charge in [0, 0.05) is 31.4 Å². The first kappa shape index (κ1) is 17.3. The Balaban J connectivity index is 1.58. The molecule has 0 unspecified atom stereocenters. The van der Waals surface area contributed by atoms with Gasteiger partial charge in [-0.15, -0.1) is 11.3 Å². The van der Waals surface area contributed by atoms with Crippen molar-refractivity contribution in [1.82, 2.24) is 9.71 Å². The molecule has 1 fully saturated rings. The normalized spacial score (nSPS) is 15.2. The number of hydrogen-bond acceptors (Lipinski definition) is 5. The third-order valence-corrected chi connectivity index (χ3v) is 6.44. The fourth-order valence-electron chi connectivity index (χ4n) is 2.65. The maximum Gasteiger partial charge on any atom is 0.240 e. The summed E-state index contributed by atoms with van der Waals surface area (Å²) in [7, 11) is -3.63. The summed E-state index contributed by atoms with van der Waals surface area (Å²) < 4.78 is 40.3. The van der Waals surface area contributed by atoms with Crippen molar-refractivity contribution < 1.29 is 12.8 Å². The summed E-state index contributed by atoms with van der Waals surface area (Å²) >= 11 is 1.60. The van der Waals surface area contributed by atoms with Crippen LogP contribution in [0.3, 0.4) is 0 Å². The van der Waals surface area contributed by atoms with E-state index in [-0.39, 0.29) is 11.4 Å². The van der Waals surface area contributed by atoms with Gasteiger partial charge in [0.05, 0.1) is 10.6 Å². The Morgan fingerprint density at radius 3 is 2.79 bits per heavy atom. The van der Waals surface area contributed by atoms with Gasteiger partial charge in [-0.25, -0.2) is 22.5 Å². The van der Waals surface area contributed by atoms with Gasteiger partial charge in [-0.2, -0.15) is 0 Å². The monoisotopic (exact) mass is 369 g/mol. The summed E-state index contributed by atoms with van der Waals surface area (Å²) in [5.74, 6) is -0.411. The third-order valence-electron chi connectivity index (χ3n) is 4.03. The molecule has 0 spiro atoms. The lowest BCUT2D eigenvalue weighted by Gasteiger charge is -2.12. The Hall–Kier alpha value is -1.51. The molecule has 1 saturated heterocycles. The molecule has 5 nitrogen and oxygen atoms in total. The zero-order chi connectivity index (χ0) is 17.2. The predicted molar refractivity (Wildman–Crippen MR) is 93.6 cm³/mol. The van der Waals surface area contributed by atoms with Gasteiger partial charge in [0.1, 0.15) is 5.82 Å². The Bertz CT molecular complexity index is 814. The standard InChI is InChI=1S/C16H20FN3O2S2/c1-12-10-14(4-5-15(12)17)24(21,22)18-7-6-13-11-23-16(19-13)20-8-2-3-9-20/h4-5,10-11,18H,2-3,6-9H2,1H3. The number of benzene rings is 1. The number of hydrogen-bond donors (Lipinski definition) is 1. The molecule has 8 heteroatoms. The van der Waals surface area contributed by atoms with Crippen molar-refractivity contribution >= 4 is 26.5 Å². The molecule has 0 amide bonds. The molecule has 1 aromatic heterocycles. The molecule has 3 rings (SSSR count). The lowest BCUT2D eigenvalue weighted by Crippen LogP contribution is -2.26. The van der Waals surface area contributed by atoms with Gasteiger partial charge in [-0.05, 0) is 43.5 Å². The summed E-state index contributed by atoms with van der Waals surface area (Å²) in [5.41, 5.74) is 1.20. The smallest absolute Gasteiger partial charge is 0.240 e. The number of halogens is 1. The molecule has 2 aromatic rings. The molecule has 1 aliphatic rings. The molecular weight excluding hydrogens is 349 g/mol. The van der Waals surface area contributed by atoms with E-state index in [1.807, 2.05) is 5.38 Å². The van der Waals surface area contributed by atoms with E-state index in [2.05, 4.69) is 14.6 Å². The summed E-state index contributed by atoms with van der Waals surface area (Å²) in [5, 5.41) is 2.99. The SMILES string of the molecule is Cc1cc(S(=O)(=O)NCCc2csc(N3CCCC3)n2)ccc1F. The van der Waals surface area contributed by atoms with Crippen molar-refractivity contribution in [2.24, 2.45) is 0 Å². The zero-order valence-electron chi connectivity index (χ0n) is 13.5. The minimum absolute atomic E-state index is 0.0810. The average molecular weight is 369 g/mol. The molecule has 1 N–H and O–H groups in total. The van der Waals surface area contributed by atoms with Crippen LogP contribution in [0, 0.1) is 12.7 Å². The van der Waals surface area contributed by atoms with Crippen molar-refractivity contribution in [3.05, 3.63) is 40.7 Å². The van der Waals surface area contributed by atoms with Crippen LogP contribution in [0.1, 0.15) is 24.1 Å². The molecule has 0 bridgehead atoms. The largest absolute Gasteiger partial charge is 0.348 e. The van der Waals surface area contributed by atoms with Gasteiger partial charge in [0.15, 0.2) is 5.13 Å². The first-order valence-electron chi connectivity index (χ1n) is 7.91. The molecule has 24 heavy (non-hydrogen) atoms. The lowest BCUT2D eigenvalue weighted by molar-refractivity contribution is 0.580. The summed E-state index contributed by atoms with van der Waals surface area (Å²) in [4.78, 5) is 6.91. The third kappa shape index (κ3) is 3.93. The van der Waals surface area contributed by atoms with Crippen LogP contribution in [0.25, 0.3) is 0 Å². The van der Waals surface area contributed by atoms with Crippen molar-refractivity contribution in [1.29, 1.82) is 0 Å². The van der Waals surface area contributed by atoms with Gasteiger partial charge in [0.25, 0.3) is 0 Å². The molecule has 1 aromatic carbocycles. The van der Waals surface area contributed by atoms with E-state index in [9.17, 15) is 12.8 Å². The molecule has 0 saturated carbocycles. The van der Waals surface area contributed by atoms with E-state index >= 15 is 0 Å². The summed E-state index contributed by atoms with van der Waals surface area (Å²) in [6, 6.07) is 3.79. The van der Waals surface area contributed by atoms with Crippen molar-refractivity contribution in [3.8, 4) is 0 Å². The molecular formula is C16H20FN3O2S2. The van der Waals surface area contributed by atoms with Gasteiger partial charge < -0.3 is 4.90 Å². The number of anilines is 1. The number of aryl methyl sites for hydroxylation is 1. The Kier molecular flexibility index (Phi) is 5.17. The van der Waals surface area contributed by atoms with Crippen LogP contribution in [-0.4, -0.2) is 33.0 Å². The van der Waals surface area contributed by atoms with E-state index in [0.29, 0.717) is 12.0 Å². The second-order valence-corrected chi connectivity index (χ2v) is 8.48. The van der Waals surface area contributed by atoms with E-state index in [1.165, 1.54) is 31.0 Å². The highest BCUT2D eigenvalue weighted by atomic mass is 32.2. The quantitative estimate of drug-likeness (QED) is 0.850. The molecule has 130 valence electrons. The summed E-state index contributed by atoms with van der Waals surface area (Å²) in [6.07, 6.45) is 2.93. The average Bonchev–Trinajstić information content (AvgIpc) is 3.20. The van der Waals surface area contributed by atoms with E-state index in [0.717, 1.165) is 23.9 Å². The lowest BCUT2D eigenvalue weighted by atomic mass is 10.2. The molecule has 1 aliphatic heterocycles. The topological polar surface area (TPSA) is 62.3 Å². The fourth-order valence-corrected chi connectivity index (χ4v) is 4.68. The van der Waals surface area contributed by atoms with Gasteiger partial charge in [0.2, 0.25) is 10.0 Å². The number of nitrogens with zero attached hydrogens (tertiary/aromatic N) is 2. The highest BCUT2D eigenvalue weighted by molar-refractivity contribution is 7.89. The zero-order valence-corrected chi connectivity index (χ0v) is 15.1. The van der Waals surface area contributed by atoms with Crippen LogP contribution >= 0.6 is 11.3 Å². The highest BCUT2D eigenvalue weighted by Gasteiger charge is 2.17. The number of sulfonamides is 1. The number of rotatable bonds is 6. The van der Waals surface area contributed by atoms with Crippen LogP contribution in [0.15, 0.2) is 28.5 Å². The molecule has 0 aliphatic carbocycles. The Morgan fingerprint density at radius 1 is 1.33 bits per heavy atom. The number of aromatic nitrogens is 1. The van der Waals surface area contributed by atoms with Gasteiger partial charge >= 0.3 is 0 Å². The van der Waals surface area contributed by atoms with Gasteiger partial charge in [-0.3, -0.25) is 0 Å². The predicted octanol–water partition coefficient (Wildman–Crippen LogP) is 2.71. The van der Waals surface area contributed by atoms with Crippen molar-refractivity contribution in [2.75, 3.05) is 24.5 Å². The van der Waals surface area contributed by atoms with Crippen LogP contribution in [0.2, 0.25) is 0 Å². The molecule has 0 radical (unpaired) electrons. The molecule has 0 atom stereocenters. The fraction of sp³-hybridized carbons (Fsp3) is 0.438. The molecule has 2 heterocycles. The Labute approximate surface area is 145 Å². The van der Waals surface area contributed by atoms with Gasteiger partial charge in [-0.1, -0.05) is 0 Å². The minimum Gasteiger partial charge on any atom is -0.348 e. The van der Waals surface area contributed by atoms with Crippen molar-refractivity contribution in [2.45, 2.75) is 31.1 Å². The maximum absolute atomic E-state index is 13.3. The van der Waals surface area contributed by atoms with Crippen molar-refractivity contribution in [3.63, 3.8) is 0 Å². The van der Waals surface area contributed by atoms with Crippen LogP contribution in [0.5, 0.6) is 0 Å². The minimum atomic E-state index is -3.63. The Morgan fingerprint density at radius 2 is 2.08 bits per heavy atom. The maximum atomic E-state index is 13.3. The number of thiazole rings is 1. The first-order chi connectivity index (χ1) is 11.5. The summed E-state index contributed by atoms with van der Waals surface area (Å²) in [6.45, 7) is 3.90. The van der Waals surface area contributed by atoms with Crippen LogP contribution in [0.4, 0.5) is 9.52 Å². The second-order valence-electron chi connectivity index (χ2n) is 5.87. The second kappa shape index (κ2) is 7.16. The first-order valence-corrected chi connectivity index (χ1v) is 10.3. The van der Waals surface area contributed by atoms with E-state index < -0.39 is 15.8 Å². The van der Waals surface area contributed by atoms with E-state index in [4.69, 9.17) is 0 Å². The van der Waals surface area contributed by atoms with Crippen LogP contribution in [-0.2, 0) is 16.4 Å². The highest BCUT2D eigenvalue weighted by Crippen LogP contribution is 2.24. The van der Waals surface area contributed by atoms with E-state index in [1.54, 1.807) is 18.3 Å². The van der Waals surface area contributed by atoms with Crippen LogP contribution < -0.4 is 9.62 Å². The number of nitrogens with one attached hydrogen (secondary N) is 1.